The summed E-state index contributed by atoms with van der Waals surface area (Å²) >= 11 is 0. The summed E-state index contributed by atoms with van der Waals surface area (Å²) in [5.41, 5.74) is 8.92. The van der Waals surface area contributed by atoms with Crippen molar-refractivity contribution < 1.29 is 0 Å². The molecular weight excluding hydrogens is 246 g/mol. The summed E-state index contributed by atoms with van der Waals surface area (Å²) in [4.78, 5) is 2.55. The fourth-order valence-electron chi connectivity index (χ4n) is 3.35. The van der Waals surface area contributed by atoms with Crippen molar-refractivity contribution in [3.63, 3.8) is 0 Å². The third-order valence-corrected chi connectivity index (χ3v) is 4.66. The summed E-state index contributed by atoms with van der Waals surface area (Å²) in [5.74, 6) is 0.600. The number of likely N-dealkylation sites (tertiary alicyclic amines) is 1. The van der Waals surface area contributed by atoms with Crippen LogP contribution in [0.4, 0.5) is 0 Å². The van der Waals surface area contributed by atoms with E-state index in [1.165, 1.54) is 16.5 Å². The van der Waals surface area contributed by atoms with Gasteiger partial charge in [-0.15, -0.1) is 0 Å². The van der Waals surface area contributed by atoms with Crippen LogP contribution in [0, 0.1) is 5.92 Å². The molecule has 1 aliphatic heterocycles. The van der Waals surface area contributed by atoms with Gasteiger partial charge in [-0.05, 0) is 37.4 Å². The molecule has 0 saturated carbocycles. The van der Waals surface area contributed by atoms with Crippen molar-refractivity contribution >= 4 is 10.9 Å². The molecule has 3 heteroatoms. The van der Waals surface area contributed by atoms with Crippen LogP contribution >= 0.6 is 0 Å². The van der Waals surface area contributed by atoms with E-state index in [2.05, 4.69) is 53.8 Å². The topological polar surface area (TPSA) is 34.2 Å². The van der Waals surface area contributed by atoms with E-state index in [1.54, 1.807) is 0 Å². The third kappa shape index (κ3) is 2.48. The Morgan fingerprint density at radius 3 is 2.85 bits per heavy atom. The van der Waals surface area contributed by atoms with Gasteiger partial charge in [0.05, 0.1) is 0 Å². The van der Waals surface area contributed by atoms with Gasteiger partial charge >= 0.3 is 0 Å². The number of piperidine rings is 1. The molecule has 3 nitrogen and oxygen atoms in total. The van der Waals surface area contributed by atoms with Crippen molar-refractivity contribution in [1.29, 1.82) is 0 Å². The van der Waals surface area contributed by atoms with Crippen LogP contribution in [0.5, 0.6) is 0 Å². The van der Waals surface area contributed by atoms with E-state index in [9.17, 15) is 0 Å². The Bertz CT molecular complexity index is 587. The summed E-state index contributed by atoms with van der Waals surface area (Å²) in [7, 11) is 0. The first-order valence-corrected chi connectivity index (χ1v) is 7.73. The zero-order valence-electron chi connectivity index (χ0n) is 12.5. The summed E-state index contributed by atoms with van der Waals surface area (Å²) in [5, 5.41) is 1.40. The maximum Gasteiger partial charge on any atom is 0.0483 e. The van der Waals surface area contributed by atoms with Crippen molar-refractivity contribution in [2.45, 2.75) is 39.4 Å². The molecule has 0 aliphatic carbocycles. The van der Waals surface area contributed by atoms with Gasteiger partial charge in [0.25, 0.3) is 0 Å². The molecule has 2 unspecified atom stereocenters. The zero-order chi connectivity index (χ0) is 14.1. The number of para-hydroxylation sites is 1. The molecule has 1 saturated heterocycles. The van der Waals surface area contributed by atoms with Crippen LogP contribution in [0.15, 0.2) is 30.5 Å². The van der Waals surface area contributed by atoms with Crippen molar-refractivity contribution in [2.75, 3.05) is 13.1 Å². The van der Waals surface area contributed by atoms with Crippen molar-refractivity contribution in [3.05, 3.63) is 36.0 Å². The first-order chi connectivity index (χ1) is 9.69. The second-order valence-corrected chi connectivity index (χ2v) is 6.12. The normalized spacial score (nSPS) is 24.4. The number of rotatable bonds is 3. The van der Waals surface area contributed by atoms with E-state index in [0.717, 1.165) is 32.6 Å². The minimum atomic E-state index is 0.378. The third-order valence-electron chi connectivity index (χ3n) is 4.66. The van der Waals surface area contributed by atoms with Crippen LogP contribution in [-0.2, 0) is 13.1 Å². The van der Waals surface area contributed by atoms with Crippen molar-refractivity contribution in [3.8, 4) is 0 Å². The predicted octanol–water partition coefficient (Wildman–Crippen LogP) is 2.83. The number of fused-ring (bicyclic) bond motifs is 1. The van der Waals surface area contributed by atoms with Gasteiger partial charge in [0.15, 0.2) is 0 Å². The number of aromatic nitrogens is 1. The van der Waals surface area contributed by atoms with Gasteiger partial charge in [0, 0.05) is 42.8 Å². The van der Waals surface area contributed by atoms with Gasteiger partial charge < -0.3 is 10.3 Å². The molecule has 108 valence electrons. The van der Waals surface area contributed by atoms with Crippen LogP contribution < -0.4 is 5.73 Å². The molecule has 2 heterocycles. The molecule has 3 rings (SSSR count). The van der Waals surface area contributed by atoms with Crippen molar-refractivity contribution in [1.82, 2.24) is 9.47 Å². The Balaban J connectivity index is 1.84. The highest BCUT2D eigenvalue weighted by atomic mass is 15.1. The molecule has 2 N–H and O–H groups in total. The van der Waals surface area contributed by atoms with E-state index in [1.807, 2.05) is 0 Å². The quantitative estimate of drug-likeness (QED) is 0.931. The van der Waals surface area contributed by atoms with E-state index < -0.39 is 0 Å². The lowest BCUT2D eigenvalue weighted by Gasteiger charge is -2.34. The first kappa shape index (κ1) is 13.7. The highest BCUT2D eigenvalue weighted by Crippen LogP contribution is 2.24. The Kier molecular flexibility index (Phi) is 3.81. The van der Waals surface area contributed by atoms with Gasteiger partial charge in [-0.2, -0.15) is 0 Å². The lowest BCUT2D eigenvalue weighted by Crippen LogP contribution is -2.45. The second kappa shape index (κ2) is 5.58. The molecule has 1 aromatic carbocycles. The van der Waals surface area contributed by atoms with E-state index in [0.29, 0.717) is 12.0 Å². The largest absolute Gasteiger partial charge is 0.347 e. The second-order valence-electron chi connectivity index (χ2n) is 6.12. The number of aryl methyl sites for hydroxylation is 1. The van der Waals surface area contributed by atoms with Crippen LogP contribution in [0.1, 0.15) is 25.8 Å². The lowest BCUT2D eigenvalue weighted by molar-refractivity contribution is 0.158. The SMILES string of the molecule is CCn1cc(CN2CCC(N)C(C)C2)c2ccccc21. The van der Waals surface area contributed by atoms with Gasteiger partial charge in [0.1, 0.15) is 0 Å². The highest BCUT2D eigenvalue weighted by molar-refractivity contribution is 5.83. The molecule has 1 aromatic heterocycles. The molecule has 20 heavy (non-hydrogen) atoms. The van der Waals surface area contributed by atoms with E-state index in [-0.39, 0.29) is 0 Å². The molecular formula is C17H25N3. The van der Waals surface area contributed by atoms with Gasteiger partial charge in [0.2, 0.25) is 0 Å². The summed E-state index contributed by atoms with van der Waals surface area (Å²) in [6, 6.07) is 9.11. The Labute approximate surface area is 121 Å². The van der Waals surface area contributed by atoms with Crippen LogP contribution in [0.3, 0.4) is 0 Å². The molecule has 1 aliphatic rings. The maximum absolute atomic E-state index is 6.12. The summed E-state index contributed by atoms with van der Waals surface area (Å²) in [6.07, 6.45) is 3.44. The number of nitrogens with two attached hydrogens (primary N) is 1. The average Bonchev–Trinajstić information content (AvgIpc) is 2.81. The number of nitrogens with zero attached hydrogens (tertiary/aromatic N) is 2. The lowest BCUT2D eigenvalue weighted by atomic mass is 9.94. The Morgan fingerprint density at radius 1 is 1.30 bits per heavy atom. The van der Waals surface area contributed by atoms with E-state index in [4.69, 9.17) is 5.73 Å². The fraction of sp³-hybridized carbons (Fsp3) is 0.529. The van der Waals surface area contributed by atoms with Crippen LogP contribution in [0.2, 0.25) is 0 Å². The molecule has 2 atom stereocenters. The molecule has 0 bridgehead atoms. The monoisotopic (exact) mass is 271 g/mol. The smallest absolute Gasteiger partial charge is 0.0483 e. The first-order valence-electron chi connectivity index (χ1n) is 7.73. The standard InChI is InChI=1S/C17H25N3/c1-3-20-12-14(15-6-4-5-7-17(15)20)11-19-9-8-16(18)13(2)10-19/h4-7,12-13,16H,3,8-11,18H2,1-2H3. The summed E-state index contributed by atoms with van der Waals surface area (Å²) < 4.78 is 2.35. The number of hydrogen-bond acceptors (Lipinski definition) is 2. The molecule has 2 aromatic rings. The maximum atomic E-state index is 6.12. The average molecular weight is 271 g/mol. The van der Waals surface area contributed by atoms with Crippen molar-refractivity contribution in [2.24, 2.45) is 11.7 Å². The molecule has 1 fully saturated rings. The Morgan fingerprint density at radius 2 is 2.10 bits per heavy atom. The van der Waals surface area contributed by atoms with Gasteiger partial charge in [-0.25, -0.2) is 0 Å². The number of benzene rings is 1. The van der Waals surface area contributed by atoms with E-state index >= 15 is 0 Å². The van der Waals surface area contributed by atoms with Crippen LogP contribution in [0.25, 0.3) is 10.9 Å². The van der Waals surface area contributed by atoms with Gasteiger partial charge in [-0.3, -0.25) is 4.90 Å². The minimum absolute atomic E-state index is 0.378. The summed E-state index contributed by atoms with van der Waals surface area (Å²) in [6.45, 7) is 8.79. The fourth-order valence-corrected chi connectivity index (χ4v) is 3.35. The molecule has 0 spiro atoms. The zero-order valence-corrected chi connectivity index (χ0v) is 12.5. The molecule has 0 radical (unpaired) electrons. The number of hydrogen-bond donors (Lipinski definition) is 1. The Hall–Kier alpha value is -1.32. The predicted molar refractivity (Wildman–Crippen MR) is 84.6 cm³/mol. The van der Waals surface area contributed by atoms with Gasteiger partial charge in [-0.1, -0.05) is 25.1 Å². The highest BCUT2D eigenvalue weighted by Gasteiger charge is 2.23. The van der Waals surface area contributed by atoms with Crippen LogP contribution in [-0.4, -0.2) is 28.6 Å². The molecule has 0 amide bonds. The minimum Gasteiger partial charge on any atom is -0.347 e.